The van der Waals surface area contributed by atoms with Crippen LogP contribution in [0.25, 0.3) is 0 Å². The average molecular weight is 355 g/mol. The highest BCUT2D eigenvalue weighted by molar-refractivity contribution is 5.78. The monoisotopic (exact) mass is 355 g/mol. The van der Waals surface area contributed by atoms with Crippen LogP contribution in [0.15, 0.2) is 54.9 Å². The van der Waals surface area contributed by atoms with Crippen molar-refractivity contribution >= 4 is 28.7 Å². The van der Waals surface area contributed by atoms with Gasteiger partial charge in [0.15, 0.2) is 0 Å². The van der Waals surface area contributed by atoms with Crippen LogP contribution in [0.1, 0.15) is 0 Å². The summed E-state index contributed by atoms with van der Waals surface area (Å²) in [4.78, 5) is 18.9. The summed E-state index contributed by atoms with van der Waals surface area (Å²) < 4.78 is 18.3. The molecule has 0 aliphatic carbocycles. The summed E-state index contributed by atoms with van der Waals surface area (Å²) in [6.07, 6.45) is 1.19. The minimum Gasteiger partial charge on any atom is -0.495 e. The van der Waals surface area contributed by atoms with Crippen molar-refractivity contribution in [3.05, 3.63) is 70.8 Å². The van der Waals surface area contributed by atoms with E-state index >= 15 is 0 Å². The molecule has 0 amide bonds. The first-order chi connectivity index (χ1) is 12.6. The van der Waals surface area contributed by atoms with E-state index in [1.54, 1.807) is 24.3 Å². The number of anilines is 4. The lowest BCUT2D eigenvalue weighted by Crippen LogP contribution is -2.06. The fourth-order valence-electron chi connectivity index (χ4n) is 2.28. The molecule has 2 N–H and O–H groups in total. The van der Waals surface area contributed by atoms with Gasteiger partial charge in [-0.05, 0) is 36.4 Å². The number of nitrogens with one attached hydrogen (secondary N) is 2. The summed E-state index contributed by atoms with van der Waals surface area (Å²) in [6, 6.07) is 12.3. The third-order valence-electron chi connectivity index (χ3n) is 3.47. The third-order valence-corrected chi connectivity index (χ3v) is 3.47. The average Bonchev–Trinajstić information content (AvgIpc) is 2.64. The molecule has 1 heterocycles. The number of halogens is 1. The number of nitro groups is 1. The number of aromatic nitrogens is 2. The highest BCUT2D eigenvalue weighted by atomic mass is 19.1. The third kappa shape index (κ3) is 3.66. The molecule has 0 atom stereocenters. The van der Waals surface area contributed by atoms with Gasteiger partial charge in [0.25, 0.3) is 0 Å². The van der Waals surface area contributed by atoms with Crippen molar-refractivity contribution in [2.45, 2.75) is 0 Å². The zero-order valence-electron chi connectivity index (χ0n) is 13.6. The minimum absolute atomic E-state index is 0.000823. The molecule has 3 aromatic rings. The Bertz CT molecular complexity index is 934. The quantitative estimate of drug-likeness (QED) is 0.508. The molecular formula is C17H14FN5O3. The largest absolute Gasteiger partial charge is 0.495 e. The second kappa shape index (κ2) is 7.43. The van der Waals surface area contributed by atoms with Crippen molar-refractivity contribution in [1.82, 2.24) is 9.97 Å². The van der Waals surface area contributed by atoms with Gasteiger partial charge < -0.3 is 15.4 Å². The van der Waals surface area contributed by atoms with Gasteiger partial charge in [-0.3, -0.25) is 10.1 Å². The van der Waals surface area contributed by atoms with Gasteiger partial charge in [-0.1, -0.05) is 12.1 Å². The Morgan fingerprint density at radius 2 is 1.69 bits per heavy atom. The predicted octanol–water partition coefficient (Wildman–Crippen LogP) is 4.02. The summed E-state index contributed by atoms with van der Waals surface area (Å²) in [7, 11) is 1.50. The zero-order valence-corrected chi connectivity index (χ0v) is 13.6. The molecule has 0 aliphatic rings. The maximum Gasteiger partial charge on any atom is 0.353 e. The van der Waals surface area contributed by atoms with E-state index in [1.165, 1.54) is 37.7 Å². The summed E-state index contributed by atoms with van der Waals surface area (Å²) in [5.41, 5.74) is 0.628. The van der Waals surface area contributed by atoms with Crippen molar-refractivity contribution in [2.75, 3.05) is 17.7 Å². The molecule has 0 radical (unpaired) electrons. The van der Waals surface area contributed by atoms with Gasteiger partial charge in [-0.15, -0.1) is 0 Å². The molecule has 0 aliphatic heterocycles. The van der Waals surface area contributed by atoms with E-state index in [1.807, 2.05) is 0 Å². The Kier molecular flexibility index (Phi) is 4.88. The van der Waals surface area contributed by atoms with Crippen LogP contribution >= 0.6 is 0 Å². The molecule has 9 heteroatoms. The van der Waals surface area contributed by atoms with Gasteiger partial charge in [0.1, 0.15) is 17.9 Å². The highest BCUT2D eigenvalue weighted by Gasteiger charge is 2.24. The molecule has 0 bridgehead atoms. The number of ether oxygens (including phenoxy) is 1. The predicted molar refractivity (Wildman–Crippen MR) is 94.6 cm³/mol. The second-order valence-corrected chi connectivity index (χ2v) is 5.13. The number of methoxy groups -OCH3 is 1. The molecular weight excluding hydrogens is 341 g/mol. The molecule has 0 saturated heterocycles. The fourth-order valence-corrected chi connectivity index (χ4v) is 2.28. The number of benzene rings is 2. The van der Waals surface area contributed by atoms with Crippen LogP contribution < -0.4 is 15.4 Å². The van der Waals surface area contributed by atoms with Crippen molar-refractivity contribution in [1.29, 1.82) is 0 Å². The number of nitrogens with zero attached hydrogens (tertiary/aromatic N) is 3. The lowest BCUT2D eigenvalue weighted by atomic mass is 10.2. The normalized spacial score (nSPS) is 10.2. The molecule has 0 fully saturated rings. The number of rotatable bonds is 6. The highest BCUT2D eigenvalue weighted by Crippen LogP contribution is 2.35. The fraction of sp³-hybridized carbons (Fsp3) is 0.0588. The standard InChI is InChI=1S/C17H14FN5O3/c1-26-14-5-3-2-4-13(14)22-17-15(23(24)25)16(19-10-20-17)21-12-8-6-11(18)7-9-12/h2-10H,1H3,(H2,19,20,21,22). The molecule has 0 spiro atoms. The summed E-state index contributed by atoms with van der Waals surface area (Å²) in [5.74, 6) is 0.0767. The second-order valence-electron chi connectivity index (χ2n) is 5.13. The lowest BCUT2D eigenvalue weighted by Gasteiger charge is -2.12. The van der Waals surface area contributed by atoms with E-state index in [2.05, 4.69) is 20.6 Å². The smallest absolute Gasteiger partial charge is 0.353 e. The van der Waals surface area contributed by atoms with Crippen LogP contribution in [0.3, 0.4) is 0 Å². The van der Waals surface area contributed by atoms with Gasteiger partial charge >= 0.3 is 5.69 Å². The summed E-state index contributed by atoms with van der Waals surface area (Å²) >= 11 is 0. The first-order valence-corrected chi connectivity index (χ1v) is 7.50. The Hall–Kier alpha value is -3.75. The van der Waals surface area contributed by atoms with E-state index in [9.17, 15) is 14.5 Å². The molecule has 8 nitrogen and oxygen atoms in total. The van der Waals surface area contributed by atoms with E-state index < -0.39 is 10.7 Å². The van der Waals surface area contributed by atoms with Gasteiger partial charge in [-0.25, -0.2) is 14.4 Å². The lowest BCUT2D eigenvalue weighted by molar-refractivity contribution is -0.383. The molecule has 26 heavy (non-hydrogen) atoms. The van der Waals surface area contributed by atoms with Crippen LogP contribution in [0.4, 0.5) is 33.1 Å². The summed E-state index contributed by atoms with van der Waals surface area (Å²) in [5, 5.41) is 17.3. The number of hydrogen-bond acceptors (Lipinski definition) is 7. The number of hydrogen-bond donors (Lipinski definition) is 2. The molecule has 0 unspecified atom stereocenters. The van der Waals surface area contributed by atoms with Gasteiger partial charge in [-0.2, -0.15) is 0 Å². The maximum absolute atomic E-state index is 13.0. The minimum atomic E-state index is -0.594. The topological polar surface area (TPSA) is 102 Å². The van der Waals surface area contributed by atoms with E-state index in [0.717, 1.165) is 0 Å². The number of para-hydroxylation sites is 2. The van der Waals surface area contributed by atoms with Crippen molar-refractivity contribution in [3.8, 4) is 5.75 Å². The van der Waals surface area contributed by atoms with Crippen LogP contribution in [-0.2, 0) is 0 Å². The molecule has 0 saturated carbocycles. The van der Waals surface area contributed by atoms with Gasteiger partial charge in [0.05, 0.1) is 17.7 Å². The Morgan fingerprint density at radius 3 is 2.35 bits per heavy atom. The van der Waals surface area contributed by atoms with Crippen molar-refractivity contribution in [3.63, 3.8) is 0 Å². The molecule has 132 valence electrons. The van der Waals surface area contributed by atoms with Crippen molar-refractivity contribution < 1.29 is 14.1 Å². The Balaban J connectivity index is 1.98. The molecule has 1 aromatic heterocycles. The van der Waals surface area contributed by atoms with Crippen LogP contribution in [0, 0.1) is 15.9 Å². The van der Waals surface area contributed by atoms with Crippen LogP contribution in [0.5, 0.6) is 5.75 Å². The van der Waals surface area contributed by atoms with Crippen molar-refractivity contribution in [2.24, 2.45) is 0 Å². The Labute approximate surface area is 147 Å². The maximum atomic E-state index is 13.0. The Morgan fingerprint density at radius 1 is 1.04 bits per heavy atom. The van der Waals surface area contributed by atoms with Gasteiger partial charge in [0, 0.05) is 5.69 Å². The van der Waals surface area contributed by atoms with E-state index in [4.69, 9.17) is 4.74 Å². The first kappa shape index (κ1) is 17.1. The van der Waals surface area contributed by atoms with E-state index in [0.29, 0.717) is 17.1 Å². The van der Waals surface area contributed by atoms with E-state index in [-0.39, 0.29) is 17.3 Å². The zero-order chi connectivity index (χ0) is 18.5. The van der Waals surface area contributed by atoms with Gasteiger partial charge in [0.2, 0.25) is 11.6 Å². The SMILES string of the molecule is COc1ccccc1Nc1ncnc(Nc2ccc(F)cc2)c1[N+](=O)[O-]. The molecule has 2 aromatic carbocycles. The molecule has 3 rings (SSSR count). The van der Waals surface area contributed by atoms with Crippen LogP contribution in [-0.4, -0.2) is 22.0 Å². The first-order valence-electron chi connectivity index (χ1n) is 7.50. The summed E-state index contributed by atoms with van der Waals surface area (Å²) in [6.45, 7) is 0. The van der Waals surface area contributed by atoms with Crippen LogP contribution in [0.2, 0.25) is 0 Å².